The van der Waals surface area contributed by atoms with Crippen molar-refractivity contribution >= 4 is 24.1 Å². The molecule has 0 aromatic heterocycles. The van der Waals surface area contributed by atoms with Crippen molar-refractivity contribution in [1.29, 1.82) is 0 Å². The van der Waals surface area contributed by atoms with Gasteiger partial charge >= 0.3 is 24.1 Å². The van der Waals surface area contributed by atoms with Crippen molar-refractivity contribution in [2.75, 3.05) is 13.2 Å². The van der Waals surface area contributed by atoms with Gasteiger partial charge in [-0.1, -0.05) is 97.1 Å². The number of benzene rings is 4. The second-order valence-corrected chi connectivity index (χ2v) is 11.7. The normalized spacial score (nSPS) is 14.1. The molecule has 2 aliphatic rings. The predicted octanol–water partition coefficient (Wildman–Crippen LogP) is 6.14. The molecule has 0 aliphatic heterocycles. The van der Waals surface area contributed by atoms with Crippen LogP contribution in [0.5, 0.6) is 0 Å². The Bertz CT molecular complexity index is 1600. The number of ether oxygens (including phenoxy) is 2. The highest BCUT2D eigenvalue weighted by molar-refractivity contribution is 5.82. The Morgan fingerprint density at radius 2 is 0.830 bits per heavy atom. The number of aliphatic carboxylic acids is 2. The molecular weight excluding hydrogens is 600 g/mol. The van der Waals surface area contributed by atoms with Crippen molar-refractivity contribution in [3.63, 3.8) is 0 Å². The van der Waals surface area contributed by atoms with Gasteiger partial charge in [0.05, 0.1) is 0 Å². The number of carboxylic acid groups (broad SMARTS) is 2. The number of amides is 2. The molecule has 4 N–H and O–H groups in total. The molecule has 2 aliphatic carbocycles. The first-order valence-corrected chi connectivity index (χ1v) is 15.5. The second-order valence-electron chi connectivity index (χ2n) is 11.7. The van der Waals surface area contributed by atoms with Gasteiger partial charge in [0.15, 0.2) is 0 Å². The lowest BCUT2D eigenvalue weighted by Gasteiger charge is -2.19. The Morgan fingerprint density at radius 1 is 0.532 bits per heavy atom. The molecular formula is C37H34N2O8. The van der Waals surface area contributed by atoms with E-state index in [4.69, 9.17) is 9.47 Å². The van der Waals surface area contributed by atoms with E-state index in [9.17, 15) is 29.4 Å². The summed E-state index contributed by atoms with van der Waals surface area (Å²) >= 11 is 0. The molecule has 4 aromatic rings. The van der Waals surface area contributed by atoms with Crippen LogP contribution < -0.4 is 10.6 Å². The number of rotatable bonds is 12. The van der Waals surface area contributed by atoms with Crippen molar-refractivity contribution in [3.8, 4) is 22.3 Å². The third-order valence-corrected chi connectivity index (χ3v) is 8.85. The fourth-order valence-electron chi connectivity index (χ4n) is 6.61. The molecule has 2 amide bonds. The summed E-state index contributed by atoms with van der Waals surface area (Å²) in [4.78, 5) is 49.2. The van der Waals surface area contributed by atoms with E-state index in [1.165, 1.54) is 0 Å². The monoisotopic (exact) mass is 634 g/mol. The van der Waals surface area contributed by atoms with Gasteiger partial charge < -0.3 is 30.3 Å². The minimum Gasteiger partial charge on any atom is -0.480 e. The van der Waals surface area contributed by atoms with Gasteiger partial charge in [-0.2, -0.15) is 0 Å². The Labute approximate surface area is 271 Å². The maximum atomic E-state index is 12.7. The number of carbonyl (C=O) groups excluding carboxylic acids is 2. The Morgan fingerprint density at radius 3 is 1.13 bits per heavy atom. The molecule has 10 heteroatoms. The first-order chi connectivity index (χ1) is 22.8. The number of nitrogens with one attached hydrogen (secondary N) is 2. The first kappa shape index (κ1) is 31.3. The van der Waals surface area contributed by atoms with Crippen LogP contribution in [0.2, 0.25) is 0 Å². The van der Waals surface area contributed by atoms with E-state index < -0.39 is 36.2 Å². The van der Waals surface area contributed by atoms with Gasteiger partial charge in [-0.25, -0.2) is 19.2 Å². The minimum absolute atomic E-state index is 0.0251. The first-order valence-electron chi connectivity index (χ1n) is 15.5. The largest absolute Gasteiger partial charge is 0.480 e. The zero-order chi connectivity index (χ0) is 32.9. The number of hydrogen-bond acceptors (Lipinski definition) is 6. The van der Waals surface area contributed by atoms with Crippen LogP contribution in [0.4, 0.5) is 9.59 Å². The maximum Gasteiger partial charge on any atom is 0.407 e. The van der Waals surface area contributed by atoms with Crippen molar-refractivity contribution in [2.45, 2.75) is 43.2 Å². The van der Waals surface area contributed by atoms with E-state index in [2.05, 4.69) is 10.6 Å². The average molecular weight is 635 g/mol. The van der Waals surface area contributed by atoms with E-state index in [1.807, 2.05) is 97.1 Å². The second kappa shape index (κ2) is 13.8. The smallest absolute Gasteiger partial charge is 0.407 e. The molecule has 0 heterocycles. The fourth-order valence-corrected chi connectivity index (χ4v) is 6.61. The zero-order valence-electron chi connectivity index (χ0n) is 25.4. The van der Waals surface area contributed by atoms with Crippen LogP contribution in [0.1, 0.15) is 53.4 Å². The molecule has 4 aromatic carbocycles. The highest BCUT2D eigenvalue weighted by Gasteiger charge is 2.31. The summed E-state index contributed by atoms with van der Waals surface area (Å²) in [6.07, 6.45) is -1.83. The van der Waals surface area contributed by atoms with Crippen molar-refractivity contribution in [1.82, 2.24) is 10.6 Å². The Kier molecular flexibility index (Phi) is 9.19. The third kappa shape index (κ3) is 6.67. The fraction of sp³-hybridized carbons (Fsp3) is 0.243. The molecule has 0 radical (unpaired) electrons. The molecule has 0 bridgehead atoms. The maximum absolute atomic E-state index is 12.7. The van der Waals surface area contributed by atoms with Crippen LogP contribution in [-0.2, 0) is 19.1 Å². The number of hydrogen-bond donors (Lipinski definition) is 4. The van der Waals surface area contributed by atoms with Gasteiger partial charge in [-0.3, -0.25) is 0 Å². The quantitative estimate of drug-likeness (QED) is 0.145. The number of fused-ring (bicyclic) bond motifs is 6. The average Bonchev–Trinajstić information content (AvgIpc) is 3.57. The molecule has 6 rings (SSSR count). The van der Waals surface area contributed by atoms with Crippen molar-refractivity contribution in [2.24, 2.45) is 0 Å². The molecule has 0 unspecified atom stereocenters. The zero-order valence-corrected chi connectivity index (χ0v) is 25.4. The molecule has 0 saturated heterocycles. The van der Waals surface area contributed by atoms with Gasteiger partial charge in [0.25, 0.3) is 0 Å². The molecule has 47 heavy (non-hydrogen) atoms. The number of carbonyl (C=O) groups is 4. The molecule has 10 nitrogen and oxygen atoms in total. The summed E-state index contributed by atoms with van der Waals surface area (Å²) in [6.45, 7) is 0.0503. The van der Waals surface area contributed by atoms with Crippen LogP contribution in [0.3, 0.4) is 0 Å². The standard InChI is InChI=1S/C37H34N2O8/c40-34(41)32(38-36(44)46-20-30-26-14-5-1-10-22(26)23-11-2-6-15-27(23)30)18-9-19-33(35(42)43)39-37(45)47-21-31-28-16-7-3-12-24(28)25-13-4-8-17-29(25)31/h1-8,10-17,30-33H,9,18-21H2,(H,38,44)(H,39,45)(H,40,41)(H,42,43)/t32-,33+. The van der Waals surface area contributed by atoms with E-state index in [-0.39, 0.29) is 44.3 Å². The van der Waals surface area contributed by atoms with E-state index >= 15 is 0 Å². The predicted molar refractivity (Wildman–Crippen MR) is 173 cm³/mol. The number of carboxylic acids is 2. The van der Waals surface area contributed by atoms with Crippen molar-refractivity contribution in [3.05, 3.63) is 119 Å². The van der Waals surface area contributed by atoms with Gasteiger partial charge in [0, 0.05) is 11.8 Å². The van der Waals surface area contributed by atoms with E-state index in [0.29, 0.717) is 0 Å². The lowest BCUT2D eigenvalue weighted by molar-refractivity contribution is -0.139. The van der Waals surface area contributed by atoms with Crippen molar-refractivity contribution < 1.29 is 38.9 Å². The van der Waals surface area contributed by atoms with Crippen LogP contribution >= 0.6 is 0 Å². The molecule has 0 fully saturated rings. The van der Waals surface area contributed by atoms with Gasteiger partial charge in [0.1, 0.15) is 25.3 Å². The number of alkyl carbamates (subject to hydrolysis) is 2. The van der Waals surface area contributed by atoms with Crippen LogP contribution in [0, 0.1) is 0 Å². The third-order valence-electron chi connectivity index (χ3n) is 8.85. The summed E-state index contributed by atoms with van der Waals surface area (Å²) in [5.74, 6) is -2.93. The SMILES string of the molecule is O=C(N[C@@H](CCC[C@@H](NC(=O)OCC1c2ccccc2-c2ccccc21)C(=O)O)C(=O)O)OCC1c2ccccc2-c2ccccc21. The Hall–Kier alpha value is -5.64. The lowest BCUT2D eigenvalue weighted by atomic mass is 9.98. The van der Waals surface area contributed by atoms with Gasteiger partial charge in [0.2, 0.25) is 0 Å². The summed E-state index contributed by atoms with van der Waals surface area (Å²) in [5.41, 5.74) is 8.39. The summed E-state index contributed by atoms with van der Waals surface area (Å²) in [6, 6.07) is 28.9. The topological polar surface area (TPSA) is 151 Å². The van der Waals surface area contributed by atoms with E-state index in [0.717, 1.165) is 44.5 Å². The molecule has 2 atom stereocenters. The van der Waals surface area contributed by atoms with Gasteiger partial charge in [-0.05, 0) is 63.8 Å². The van der Waals surface area contributed by atoms with Crippen LogP contribution in [-0.4, -0.2) is 59.6 Å². The Balaban J connectivity index is 0.987. The molecule has 0 spiro atoms. The van der Waals surface area contributed by atoms with Crippen LogP contribution in [0.25, 0.3) is 22.3 Å². The summed E-state index contributed by atoms with van der Waals surface area (Å²) < 4.78 is 10.9. The summed E-state index contributed by atoms with van der Waals surface area (Å²) in [7, 11) is 0. The highest BCUT2D eigenvalue weighted by atomic mass is 16.6. The lowest BCUT2D eigenvalue weighted by Crippen LogP contribution is -2.43. The summed E-state index contributed by atoms with van der Waals surface area (Å²) in [5, 5.41) is 24.2. The van der Waals surface area contributed by atoms with Gasteiger partial charge in [-0.15, -0.1) is 0 Å². The van der Waals surface area contributed by atoms with Crippen LogP contribution in [0.15, 0.2) is 97.1 Å². The van der Waals surface area contributed by atoms with E-state index in [1.54, 1.807) is 0 Å². The molecule has 240 valence electrons. The minimum atomic E-state index is -1.31. The molecule has 0 saturated carbocycles. The highest BCUT2D eigenvalue weighted by Crippen LogP contribution is 2.45.